The Morgan fingerprint density at radius 2 is 1.65 bits per heavy atom. The summed E-state index contributed by atoms with van der Waals surface area (Å²) in [5.74, 6) is 0.896. The second-order valence-corrected chi connectivity index (χ2v) is 8.53. The SMILES string of the molecule is CCC=CC1=C(C)CCc2c1nc1c(c2-c2ccc(OC)cc2)CCc2ccccc2-1. The van der Waals surface area contributed by atoms with Crippen LogP contribution in [0.2, 0.25) is 0 Å². The third-order valence-electron chi connectivity index (χ3n) is 6.68. The molecule has 2 aliphatic carbocycles. The fourth-order valence-corrected chi connectivity index (χ4v) is 5.04. The molecule has 0 saturated carbocycles. The third-order valence-corrected chi connectivity index (χ3v) is 6.68. The van der Waals surface area contributed by atoms with Crippen molar-refractivity contribution < 1.29 is 4.74 Å². The molecule has 0 unspecified atom stereocenters. The van der Waals surface area contributed by atoms with Gasteiger partial charge in [-0.25, -0.2) is 4.98 Å². The molecule has 1 heterocycles. The van der Waals surface area contributed by atoms with E-state index in [0.29, 0.717) is 0 Å². The predicted octanol–water partition coefficient (Wildman–Crippen LogP) is 7.21. The maximum Gasteiger partial charge on any atom is 0.118 e. The van der Waals surface area contributed by atoms with E-state index in [2.05, 4.69) is 74.5 Å². The van der Waals surface area contributed by atoms with Crippen molar-refractivity contribution in [2.24, 2.45) is 0 Å². The Bertz CT molecular complexity index is 1200. The third kappa shape index (κ3) is 3.40. The number of ether oxygens (including phenoxy) is 1. The Balaban J connectivity index is 1.82. The molecule has 0 fully saturated rings. The Morgan fingerprint density at radius 3 is 2.42 bits per heavy atom. The number of rotatable bonds is 4. The molecule has 31 heavy (non-hydrogen) atoms. The maximum absolute atomic E-state index is 5.42. The van der Waals surface area contributed by atoms with Gasteiger partial charge >= 0.3 is 0 Å². The quantitative estimate of drug-likeness (QED) is 0.456. The zero-order valence-electron chi connectivity index (χ0n) is 18.7. The van der Waals surface area contributed by atoms with Crippen LogP contribution in [0, 0.1) is 0 Å². The van der Waals surface area contributed by atoms with E-state index in [-0.39, 0.29) is 0 Å². The topological polar surface area (TPSA) is 22.1 Å². The van der Waals surface area contributed by atoms with E-state index in [1.165, 1.54) is 55.9 Å². The second-order valence-electron chi connectivity index (χ2n) is 8.53. The van der Waals surface area contributed by atoms with Gasteiger partial charge in [0.05, 0.1) is 18.5 Å². The lowest BCUT2D eigenvalue weighted by atomic mass is 9.78. The van der Waals surface area contributed by atoms with Crippen molar-refractivity contribution in [3.05, 3.63) is 88.6 Å². The summed E-state index contributed by atoms with van der Waals surface area (Å²) in [6.45, 7) is 4.45. The number of allylic oxidation sites excluding steroid dienone is 4. The standard InChI is InChI=1S/C29H29NO/c1-4-5-9-23-19(2)11-17-25-27(21-12-15-22(31-3)16-13-21)26-18-14-20-8-6-7-10-24(20)29(26)30-28(23)25/h5-10,12-13,15-16H,4,11,14,17-18H2,1-3H3. The maximum atomic E-state index is 5.42. The molecule has 1 aromatic heterocycles. The van der Waals surface area contributed by atoms with Crippen molar-refractivity contribution in [2.45, 2.75) is 46.0 Å². The van der Waals surface area contributed by atoms with Crippen LogP contribution in [-0.2, 0) is 19.3 Å². The Hall–Kier alpha value is -3.13. The minimum Gasteiger partial charge on any atom is -0.497 e. The fourth-order valence-electron chi connectivity index (χ4n) is 5.04. The van der Waals surface area contributed by atoms with E-state index in [4.69, 9.17) is 9.72 Å². The lowest BCUT2D eigenvalue weighted by molar-refractivity contribution is 0.415. The van der Waals surface area contributed by atoms with E-state index >= 15 is 0 Å². The summed E-state index contributed by atoms with van der Waals surface area (Å²) in [5, 5.41) is 0. The van der Waals surface area contributed by atoms with Gasteiger partial charge in [-0.3, -0.25) is 0 Å². The van der Waals surface area contributed by atoms with Crippen LogP contribution in [0.1, 0.15) is 49.1 Å². The summed E-state index contributed by atoms with van der Waals surface area (Å²) in [6, 6.07) is 17.4. The first-order valence-electron chi connectivity index (χ1n) is 11.4. The summed E-state index contributed by atoms with van der Waals surface area (Å²) < 4.78 is 5.42. The molecule has 2 nitrogen and oxygen atoms in total. The smallest absolute Gasteiger partial charge is 0.118 e. The lowest BCUT2D eigenvalue weighted by Gasteiger charge is -2.29. The van der Waals surface area contributed by atoms with Gasteiger partial charge in [-0.15, -0.1) is 0 Å². The largest absolute Gasteiger partial charge is 0.497 e. The number of aryl methyl sites for hydroxylation is 1. The molecule has 0 aliphatic heterocycles. The van der Waals surface area contributed by atoms with Crippen LogP contribution in [0.25, 0.3) is 28.0 Å². The number of hydrogen-bond donors (Lipinski definition) is 0. The van der Waals surface area contributed by atoms with Crippen molar-refractivity contribution in [3.8, 4) is 28.1 Å². The first kappa shape index (κ1) is 19.8. The van der Waals surface area contributed by atoms with Crippen molar-refractivity contribution >= 4 is 5.57 Å². The highest BCUT2D eigenvalue weighted by molar-refractivity contribution is 5.89. The molecule has 0 amide bonds. The monoisotopic (exact) mass is 407 g/mol. The van der Waals surface area contributed by atoms with E-state index in [0.717, 1.165) is 37.9 Å². The molecule has 0 atom stereocenters. The molecule has 2 heteroatoms. The van der Waals surface area contributed by atoms with Crippen molar-refractivity contribution in [1.82, 2.24) is 4.98 Å². The van der Waals surface area contributed by atoms with Gasteiger partial charge in [0, 0.05) is 5.56 Å². The van der Waals surface area contributed by atoms with Crippen molar-refractivity contribution in [2.75, 3.05) is 7.11 Å². The van der Waals surface area contributed by atoms with Gasteiger partial charge in [0.15, 0.2) is 0 Å². The van der Waals surface area contributed by atoms with E-state index < -0.39 is 0 Å². The molecule has 156 valence electrons. The average molecular weight is 408 g/mol. The van der Waals surface area contributed by atoms with Crippen LogP contribution >= 0.6 is 0 Å². The summed E-state index contributed by atoms with van der Waals surface area (Å²) in [4.78, 5) is 5.37. The summed E-state index contributed by atoms with van der Waals surface area (Å²) in [7, 11) is 1.72. The summed E-state index contributed by atoms with van der Waals surface area (Å²) in [5.41, 5.74) is 13.3. The van der Waals surface area contributed by atoms with Crippen molar-refractivity contribution in [3.63, 3.8) is 0 Å². The van der Waals surface area contributed by atoms with Crippen LogP contribution < -0.4 is 4.74 Å². The van der Waals surface area contributed by atoms with Gasteiger partial charge in [0.25, 0.3) is 0 Å². The zero-order chi connectivity index (χ0) is 21.4. The Morgan fingerprint density at radius 1 is 0.903 bits per heavy atom. The minimum atomic E-state index is 0.896. The van der Waals surface area contributed by atoms with E-state index in [1.807, 2.05) is 0 Å². The van der Waals surface area contributed by atoms with Crippen LogP contribution in [0.5, 0.6) is 5.75 Å². The highest BCUT2D eigenvalue weighted by atomic mass is 16.5. The van der Waals surface area contributed by atoms with Crippen LogP contribution in [-0.4, -0.2) is 12.1 Å². The molecule has 2 aliphatic rings. The van der Waals surface area contributed by atoms with Gasteiger partial charge in [-0.1, -0.05) is 61.0 Å². The Labute approximate surface area is 185 Å². The normalized spacial score (nSPS) is 14.9. The number of methoxy groups -OCH3 is 1. The predicted molar refractivity (Wildman–Crippen MR) is 129 cm³/mol. The number of benzene rings is 2. The number of pyridine rings is 1. The first-order valence-corrected chi connectivity index (χ1v) is 11.4. The van der Waals surface area contributed by atoms with Gasteiger partial charge in [0.1, 0.15) is 5.75 Å². The molecular formula is C29H29NO. The number of fused-ring (bicyclic) bond motifs is 4. The average Bonchev–Trinajstić information content (AvgIpc) is 2.82. The number of nitrogens with zero attached hydrogens (tertiary/aromatic N) is 1. The first-order chi connectivity index (χ1) is 15.2. The van der Waals surface area contributed by atoms with Gasteiger partial charge in [-0.05, 0) is 84.6 Å². The molecule has 0 bridgehead atoms. The van der Waals surface area contributed by atoms with E-state index in [1.54, 1.807) is 7.11 Å². The van der Waals surface area contributed by atoms with Crippen LogP contribution in [0.15, 0.2) is 66.3 Å². The number of aromatic nitrogens is 1. The van der Waals surface area contributed by atoms with Gasteiger partial charge in [0.2, 0.25) is 0 Å². The summed E-state index contributed by atoms with van der Waals surface area (Å²) >= 11 is 0. The highest BCUT2D eigenvalue weighted by Crippen LogP contribution is 2.45. The Kier molecular flexibility index (Phi) is 5.23. The minimum absolute atomic E-state index is 0.896. The van der Waals surface area contributed by atoms with Crippen LogP contribution in [0.3, 0.4) is 0 Å². The molecule has 0 N–H and O–H groups in total. The fraction of sp³-hybridized carbons (Fsp3) is 0.276. The lowest BCUT2D eigenvalue weighted by Crippen LogP contribution is -2.15. The number of hydrogen-bond acceptors (Lipinski definition) is 2. The van der Waals surface area contributed by atoms with Crippen molar-refractivity contribution in [1.29, 1.82) is 0 Å². The molecule has 0 spiro atoms. The molecule has 0 saturated heterocycles. The molecule has 5 rings (SSSR count). The summed E-state index contributed by atoms with van der Waals surface area (Å²) in [6.07, 6.45) is 9.84. The van der Waals surface area contributed by atoms with Crippen LogP contribution in [0.4, 0.5) is 0 Å². The molecule has 2 aromatic carbocycles. The van der Waals surface area contributed by atoms with E-state index in [9.17, 15) is 0 Å². The molecule has 0 radical (unpaired) electrons. The zero-order valence-corrected chi connectivity index (χ0v) is 18.7. The molecular weight excluding hydrogens is 378 g/mol. The molecule has 3 aromatic rings. The van der Waals surface area contributed by atoms with Gasteiger partial charge in [-0.2, -0.15) is 0 Å². The van der Waals surface area contributed by atoms with Gasteiger partial charge < -0.3 is 4.74 Å². The highest BCUT2D eigenvalue weighted by Gasteiger charge is 2.28. The second kappa shape index (κ2) is 8.19.